The predicted molar refractivity (Wildman–Crippen MR) is 106 cm³/mol. The second-order valence-corrected chi connectivity index (χ2v) is 6.17. The van der Waals surface area contributed by atoms with E-state index in [-0.39, 0.29) is 0 Å². The van der Waals surface area contributed by atoms with E-state index in [2.05, 4.69) is 37.3 Å². The summed E-state index contributed by atoms with van der Waals surface area (Å²) < 4.78 is 5.98. The maximum atomic E-state index is 5.98. The van der Waals surface area contributed by atoms with Crippen molar-refractivity contribution in [2.75, 3.05) is 0 Å². The normalized spacial score (nSPS) is 10.5. The summed E-state index contributed by atoms with van der Waals surface area (Å²) in [7, 11) is 0. The van der Waals surface area contributed by atoms with Crippen LogP contribution in [0.3, 0.4) is 0 Å². The lowest BCUT2D eigenvalue weighted by atomic mass is 10.0. The van der Waals surface area contributed by atoms with Gasteiger partial charge in [0, 0.05) is 11.1 Å². The third kappa shape index (κ3) is 3.50. The minimum absolute atomic E-state index is 0.809. The molecule has 0 saturated heterocycles. The van der Waals surface area contributed by atoms with Crippen molar-refractivity contribution in [1.29, 1.82) is 0 Å². The lowest BCUT2D eigenvalue weighted by Crippen LogP contribution is -1.92. The number of benzene rings is 3. The first-order chi connectivity index (χ1) is 12.8. The summed E-state index contributed by atoms with van der Waals surface area (Å²) in [6.45, 7) is 2.10. The molecule has 0 bridgehead atoms. The summed E-state index contributed by atoms with van der Waals surface area (Å²) in [5.74, 6) is 1.64. The third-order valence-electron chi connectivity index (χ3n) is 4.28. The van der Waals surface area contributed by atoms with Gasteiger partial charge in [0.1, 0.15) is 11.5 Å². The molecule has 1 aromatic heterocycles. The van der Waals surface area contributed by atoms with E-state index in [4.69, 9.17) is 9.72 Å². The summed E-state index contributed by atoms with van der Waals surface area (Å²) in [5.41, 5.74) is 5.28. The molecule has 0 saturated carbocycles. The van der Waals surface area contributed by atoms with E-state index >= 15 is 0 Å². The van der Waals surface area contributed by atoms with E-state index in [0.29, 0.717) is 0 Å². The van der Waals surface area contributed by atoms with Crippen LogP contribution in [-0.4, -0.2) is 4.98 Å². The molecule has 0 amide bonds. The average molecular weight is 337 g/mol. The van der Waals surface area contributed by atoms with Crippen LogP contribution in [0.4, 0.5) is 0 Å². The van der Waals surface area contributed by atoms with Gasteiger partial charge in [0.05, 0.1) is 11.4 Å². The number of aryl methyl sites for hydroxylation is 1. The fraction of sp³-hybridized carbons (Fsp3) is 0.0417. The van der Waals surface area contributed by atoms with Crippen LogP contribution in [0, 0.1) is 6.92 Å². The number of hydrogen-bond acceptors (Lipinski definition) is 2. The number of aromatic nitrogens is 1. The van der Waals surface area contributed by atoms with Crippen LogP contribution in [0.5, 0.6) is 11.5 Å². The highest BCUT2D eigenvalue weighted by Crippen LogP contribution is 2.30. The highest BCUT2D eigenvalue weighted by molar-refractivity contribution is 5.69. The summed E-state index contributed by atoms with van der Waals surface area (Å²) in [6.07, 6.45) is 0. The number of para-hydroxylation sites is 1. The predicted octanol–water partition coefficient (Wildman–Crippen LogP) is 6.52. The first-order valence-electron chi connectivity index (χ1n) is 8.66. The van der Waals surface area contributed by atoms with Crippen LogP contribution in [0.25, 0.3) is 22.5 Å². The Morgan fingerprint density at radius 2 is 1.31 bits per heavy atom. The van der Waals surface area contributed by atoms with Crippen LogP contribution < -0.4 is 4.74 Å². The van der Waals surface area contributed by atoms with Gasteiger partial charge in [0.2, 0.25) is 0 Å². The molecule has 0 atom stereocenters. The van der Waals surface area contributed by atoms with E-state index in [1.807, 2.05) is 66.7 Å². The Balaban J connectivity index is 1.70. The number of rotatable bonds is 4. The van der Waals surface area contributed by atoms with E-state index in [0.717, 1.165) is 34.0 Å². The summed E-state index contributed by atoms with van der Waals surface area (Å²) in [4.78, 5) is 4.87. The molecule has 2 heteroatoms. The van der Waals surface area contributed by atoms with E-state index < -0.39 is 0 Å². The van der Waals surface area contributed by atoms with Crippen LogP contribution in [0.2, 0.25) is 0 Å². The first kappa shape index (κ1) is 16.1. The van der Waals surface area contributed by atoms with E-state index in [1.54, 1.807) is 0 Å². The van der Waals surface area contributed by atoms with E-state index in [1.165, 1.54) is 5.56 Å². The largest absolute Gasteiger partial charge is 0.457 e. The molecule has 0 spiro atoms. The molecule has 3 aromatic carbocycles. The van der Waals surface area contributed by atoms with Crippen molar-refractivity contribution in [2.45, 2.75) is 6.92 Å². The highest BCUT2D eigenvalue weighted by atomic mass is 16.5. The van der Waals surface area contributed by atoms with Gasteiger partial charge in [0.15, 0.2) is 0 Å². The van der Waals surface area contributed by atoms with Crippen LogP contribution in [-0.2, 0) is 0 Å². The molecule has 0 unspecified atom stereocenters. The van der Waals surface area contributed by atoms with Crippen molar-refractivity contribution in [2.24, 2.45) is 0 Å². The Hall–Kier alpha value is -3.39. The summed E-state index contributed by atoms with van der Waals surface area (Å²) >= 11 is 0. The fourth-order valence-corrected chi connectivity index (χ4v) is 2.92. The monoisotopic (exact) mass is 337 g/mol. The average Bonchev–Trinajstić information content (AvgIpc) is 2.71. The second-order valence-electron chi connectivity index (χ2n) is 6.17. The standard InChI is InChI=1S/C24H19NO/c1-18-15-16-21(26-20-11-6-3-7-12-20)17-22(18)24-14-8-13-23(25-24)19-9-4-2-5-10-19/h2-17H,1H3. The Morgan fingerprint density at radius 3 is 2.08 bits per heavy atom. The minimum atomic E-state index is 0.809. The molecule has 4 rings (SSSR count). The molecule has 0 fully saturated rings. The van der Waals surface area contributed by atoms with Crippen molar-refractivity contribution in [1.82, 2.24) is 4.98 Å². The molecule has 0 radical (unpaired) electrons. The summed E-state index contributed by atoms with van der Waals surface area (Å²) in [5, 5.41) is 0. The van der Waals surface area contributed by atoms with Gasteiger partial charge in [-0.25, -0.2) is 4.98 Å². The van der Waals surface area contributed by atoms with Gasteiger partial charge in [-0.15, -0.1) is 0 Å². The van der Waals surface area contributed by atoms with Gasteiger partial charge >= 0.3 is 0 Å². The van der Waals surface area contributed by atoms with Gasteiger partial charge in [-0.2, -0.15) is 0 Å². The molecule has 126 valence electrons. The van der Waals surface area contributed by atoms with Gasteiger partial charge in [-0.3, -0.25) is 0 Å². The highest BCUT2D eigenvalue weighted by Gasteiger charge is 2.08. The number of ether oxygens (including phenoxy) is 1. The van der Waals surface area contributed by atoms with Crippen LogP contribution in [0.15, 0.2) is 97.1 Å². The molecule has 26 heavy (non-hydrogen) atoms. The maximum Gasteiger partial charge on any atom is 0.128 e. The maximum absolute atomic E-state index is 5.98. The fourth-order valence-electron chi connectivity index (χ4n) is 2.92. The molecular formula is C24H19NO. The third-order valence-corrected chi connectivity index (χ3v) is 4.28. The van der Waals surface area contributed by atoms with Crippen molar-refractivity contribution < 1.29 is 4.74 Å². The molecule has 2 nitrogen and oxygen atoms in total. The molecule has 1 heterocycles. The molecule has 0 N–H and O–H groups in total. The van der Waals surface area contributed by atoms with E-state index in [9.17, 15) is 0 Å². The minimum Gasteiger partial charge on any atom is -0.457 e. The van der Waals surface area contributed by atoms with Crippen molar-refractivity contribution in [3.05, 3.63) is 103 Å². The van der Waals surface area contributed by atoms with Gasteiger partial charge in [-0.05, 0) is 48.9 Å². The topological polar surface area (TPSA) is 22.1 Å². The zero-order valence-electron chi connectivity index (χ0n) is 14.6. The van der Waals surface area contributed by atoms with Crippen LogP contribution in [0.1, 0.15) is 5.56 Å². The van der Waals surface area contributed by atoms with Crippen LogP contribution >= 0.6 is 0 Å². The summed E-state index contributed by atoms with van der Waals surface area (Å²) in [6, 6.07) is 32.3. The zero-order valence-corrected chi connectivity index (χ0v) is 14.6. The number of pyridine rings is 1. The Bertz CT molecular complexity index is 1010. The molecule has 0 aliphatic carbocycles. The van der Waals surface area contributed by atoms with Crippen molar-refractivity contribution in [3.8, 4) is 34.0 Å². The zero-order chi connectivity index (χ0) is 17.8. The van der Waals surface area contributed by atoms with Crippen molar-refractivity contribution >= 4 is 0 Å². The first-order valence-corrected chi connectivity index (χ1v) is 8.66. The Labute approximate surface area is 153 Å². The molecule has 0 aliphatic rings. The number of hydrogen-bond donors (Lipinski definition) is 0. The smallest absolute Gasteiger partial charge is 0.128 e. The Morgan fingerprint density at radius 1 is 0.615 bits per heavy atom. The SMILES string of the molecule is Cc1ccc(Oc2ccccc2)cc1-c1cccc(-c2ccccc2)n1. The lowest BCUT2D eigenvalue weighted by molar-refractivity contribution is 0.483. The molecular weight excluding hydrogens is 318 g/mol. The second kappa shape index (κ2) is 7.24. The lowest BCUT2D eigenvalue weighted by Gasteiger charge is -2.11. The molecule has 0 aliphatic heterocycles. The quantitative estimate of drug-likeness (QED) is 0.423. The van der Waals surface area contributed by atoms with Gasteiger partial charge < -0.3 is 4.74 Å². The molecule has 4 aromatic rings. The van der Waals surface area contributed by atoms with Crippen molar-refractivity contribution in [3.63, 3.8) is 0 Å². The Kier molecular flexibility index (Phi) is 4.48. The van der Waals surface area contributed by atoms with Gasteiger partial charge in [-0.1, -0.05) is 60.7 Å². The number of nitrogens with zero attached hydrogens (tertiary/aromatic N) is 1. The van der Waals surface area contributed by atoms with Gasteiger partial charge in [0.25, 0.3) is 0 Å².